The molecule has 2 amide bonds. The maximum Gasteiger partial charge on any atom is 0.379 e. The van der Waals surface area contributed by atoms with Crippen LogP contribution in [0.4, 0.5) is 0 Å². The van der Waals surface area contributed by atoms with Gasteiger partial charge in [-0.2, -0.15) is 4.99 Å². The van der Waals surface area contributed by atoms with Gasteiger partial charge in [-0.25, -0.2) is 4.79 Å². The fraction of sp³-hybridized carbons (Fsp3) is 0.0588. The molecule has 25 heavy (non-hydrogen) atoms. The zero-order valence-electron chi connectivity index (χ0n) is 13.0. The monoisotopic (exact) mass is 356 g/mol. The van der Waals surface area contributed by atoms with E-state index in [9.17, 15) is 14.4 Å². The minimum Gasteiger partial charge on any atom is -0.457 e. The summed E-state index contributed by atoms with van der Waals surface area (Å²) in [5.74, 6) is -0.831. The lowest BCUT2D eigenvalue weighted by molar-refractivity contribution is -0.117. The summed E-state index contributed by atoms with van der Waals surface area (Å²) >= 11 is 1.09. The molecule has 1 aliphatic heterocycles. The summed E-state index contributed by atoms with van der Waals surface area (Å²) in [7, 11) is 0. The summed E-state index contributed by atoms with van der Waals surface area (Å²) in [5.41, 5.74) is 0.730. The van der Waals surface area contributed by atoms with E-state index in [1.165, 1.54) is 19.3 Å². The molecule has 8 heteroatoms. The quantitative estimate of drug-likeness (QED) is 0.516. The number of nitrogens with zero attached hydrogens (tertiary/aromatic N) is 1. The molecule has 1 aromatic heterocycles. The number of rotatable bonds is 3. The highest BCUT2D eigenvalue weighted by atomic mass is 32.2. The van der Waals surface area contributed by atoms with Crippen molar-refractivity contribution in [1.29, 1.82) is 0 Å². The van der Waals surface area contributed by atoms with Gasteiger partial charge in [0.15, 0.2) is 5.17 Å². The van der Waals surface area contributed by atoms with Crippen LogP contribution in [0.1, 0.15) is 23.0 Å². The second kappa shape index (κ2) is 7.18. The highest BCUT2D eigenvalue weighted by Gasteiger charge is 2.22. The smallest absolute Gasteiger partial charge is 0.379 e. The molecule has 0 aliphatic carbocycles. The van der Waals surface area contributed by atoms with Gasteiger partial charge in [-0.05, 0) is 47.7 Å². The maximum atomic E-state index is 11.8. The molecule has 1 aliphatic rings. The van der Waals surface area contributed by atoms with E-state index in [4.69, 9.17) is 9.15 Å². The van der Waals surface area contributed by atoms with E-state index in [-0.39, 0.29) is 16.8 Å². The van der Waals surface area contributed by atoms with Gasteiger partial charge < -0.3 is 14.5 Å². The second-order valence-corrected chi connectivity index (χ2v) is 5.98. The predicted octanol–water partition coefficient (Wildman–Crippen LogP) is 2.61. The van der Waals surface area contributed by atoms with Crippen molar-refractivity contribution >= 4 is 40.8 Å². The number of carbonyl (C=O) groups excluding carboxylic acids is 3. The number of thioether (sulfide) groups is 1. The van der Waals surface area contributed by atoms with Gasteiger partial charge in [0.25, 0.3) is 5.91 Å². The van der Waals surface area contributed by atoms with E-state index in [2.05, 4.69) is 10.3 Å². The van der Waals surface area contributed by atoms with Crippen molar-refractivity contribution < 1.29 is 23.5 Å². The molecular formula is C17H12N2O5S. The van der Waals surface area contributed by atoms with Gasteiger partial charge in [0.2, 0.25) is 11.7 Å². The predicted molar refractivity (Wildman–Crippen MR) is 91.9 cm³/mol. The maximum absolute atomic E-state index is 11.8. The topological polar surface area (TPSA) is 98.0 Å². The van der Waals surface area contributed by atoms with Crippen molar-refractivity contribution in [1.82, 2.24) is 5.32 Å². The molecule has 0 fully saturated rings. The Morgan fingerprint density at radius 2 is 2.00 bits per heavy atom. The number of nitrogens with one attached hydrogen (secondary N) is 1. The Kier molecular flexibility index (Phi) is 4.80. The Bertz CT molecular complexity index is 882. The third-order valence-electron chi connectivity index (χ3n) is 3.01. The molecule has 1 aromatic carbocycles. The second-order valence-electron chi connectivity index (χ2n) is 4.95. The normalized spacial score (nSPS) is 15.2. The van der Waals surface area contributed by atoms with E-state index < -0.39 is 11.9 Å². The number of hydrogen-bond donors (Lipinski definition) is 1. The van der Waals surface area contributed by atoms with Crippen LogP contribution in [0.5, 0.6) is 5.75 Å². The van der Waals surface area contributed by atoms with Crippen LogP contribution in [-0.2, 0) is 9.59 Å². The SMILES string of the molecule is CC(=O)NC1=NC(=O)/C(=C\c2ccc(OC(=O)c3ccco3)cc2)S1. The first-order valence-electron chi connectivity index (χ1n) is 7.17. The number of carbonyl (C=O) groups is 3. The van der Waals surface area contributed by atoms with Crippen molar-refractivity contribution in [2.45, 2.75) is 6.92 Å². The Hall–Kier alpha value is -3.13. The molecule has 0 unspecified atom stereocenters. The fourth-order valence-electron chi connectivity index (χ4n) is 1.95. The number of benzene rings is 1. The van der Waals surface area contributed by atoms with Gasteiger partial charge >= 0.3 is 5.97 Å². The van der Waals surface area contributed by atoms with Gasteiger partial charge in [0.05, 0.1) is 11.2 Å². The first kappa shape index (κ1) is 16.7. The summed E-state index contributed by atoms with van der Waals surface area (Å²) in [5, 5.41) is 2.74. The molecule has 0 saturated carbocycles. The Balaban J connectivity index is 1.66. The van der Waals surface area contributed by atoms with Crippen LogP contribution in [0, 0.1) is 0 Å². The van der Waals surface area contributed by atoms with Gasteiger partial charge in [0, 0.05) is 6.92 Å². The number of esters is 1. The van der Waals surface area contributed by atoms with E-state index in [0.29, 0.717) is 10.7 Å². The zero-order valence-corrected chi connectivity index (χ0v) is 13.8. The summed E-state index contributed by atoms with van der Waals surface area (Å²) in [4.78, 5) is 38.7. The number of amidine groups is 1. The van der Waals surface area contributed by atoms with Crippen molar-refractivity contribution in [3.63, 3.8) is 0 Å². The van der Waals surface area contributed by atoms with E-state index >= 15 is 0 Å². The Morgan fingerprint density at radius 3 is 2.64 bits per heavy atom. The van der Waals surface area contributed by atoms with Crippen molar-refractivity contribution in [2.75, 3.05) is 0 Å². The molecule has 0 atom stereocenters. The molecule has 2 aromatic rings. The van der Waals surface area contributed by atoms with Gasteiger partial charge in [-0.3, -0.25) is 9.59 Å². The van der Waals surface area contributed by atoms with Gasteiger partial charge in [-0.1, -0.05) is 12.1 Å². The largest absolute Gasteiger partial charge is 0.457 e. The number of ether oxygens (including phenoxy) is 1. The molecule has 2 heterocycles. The van der Waals surface area contributed by atoms with Crippen LogP contribution < -0.4 is 10.1 Å². The molecule has 0 bridgehead atoms. The number of hydrogen-bond acceptors (Lipinski definition) is 6. The lowest BCUT2D eigenvalue weighted by Crippen LogP contribution is -2.23. The van der Waals surface area contributed by atoms with Crippen LogP contribution in [0.25, 0.3) is 6.08 Å². The highest BCUT2D eigenvalue weighted by molar-refractivity contribution is 8.18. The molecule has 126 valence electrons. The third kappa shape index (κ3) is 4.24. The number of furan rings is 1. The van der Waals surface area contributed by atoms with Crippen LogP contribution in [0.2, 0.25) is 0 Å². The fourth-order valence-corrected chi connectivity index (χ4v) is 2.81. The summed E-state index contributed by atoms with van der Waals surface area (Å²) in [6.45, 7) is 1.35. The summed E-state index contributed by atoms with van der Waals surface area (Å²) in [6.07, 6.45) is 3.03. The Morgan fingerprint density at radius 1 is 1.24 bits per heavy atom. The van der Waals surface area contributed by atoms with Crippen LogP contribution in [0.3, 0.4) is 0 Å². The highest BCUT2D eigenvalue weighted by Crippen LogP contribution is 2.28. The molecule has 0 radical (unpaired) electrons. The van der Waals surface area contributed by atoms with Gasteiger partial charge in [-0.15, -0.1) is 0 Å². The molecule has 7 nitrogen and oxygen atoms in total. The van der Waals surface area contributed by atoms with Crippen molar-refractivity contribution in [3.8, 4) is 5.75 Å². The summed E-state index contributed by atoms with van der Waals surface area (Å²) in [6, 6.07) is 9.71. The average molecular weight is 356 g/mol. The molecule has 0 spiro atoms. The number of aliphatic imine (C=N–C) groups is 1. The Labute approximate surface area is 146 Å². The number of amides is 2. The van der Waals surface area contributed by atoms with Crippen molar-refractivity contribution in [2.24, 2.45) is 4.99 Å². The van der Waals surface area contributed by atoms with E-state index in [1.54, 1.807) is 36.4 Å². The zero-order chi connectivity index (χ0) is 17.8. The lowest BCUT2D eigenvalue weighted by Gasteiger charge is -2.03. The van der Waals surface area contributed by atoms with Crippen molar-refractivity contribution in [3.05, 3.63) is 58.9 Å². The lowest BCUT2D eigenvalue weighted by atomic mass is 10.2. The molecular weight excluding hydrogens is 344 g/mol. The summed E-state index contributed by atoms with van der Waals surface area (Å²) < 4.78 is 10.1. The van der Waals surface area contributed by atoms with Gasteiger partial charge in [0.1, 0.15) is 5.75 Å². The minimum atomic E-state index is -0.592. The molecule has 0 saturated heterocycles. The van der Waals surface area contributed by atoms with E-state index in [1.807, 2.05) is 0 Å². The minimum absolute atomic E-state index is 0.113. The third-order valence-corrected chi connectivity index (χ3v) is 3.91. The van der Waals surface area contributed by atoms with Crippen LogP contribution in [0.15, 0.2) is 57.0 Å². The molecule has 3 rings (SSSR count). The van der Waals surface area contributed by atoms with Crippen LogP contribution >= 0.6 is 11.8 Å². The first-order valence-corrected chi connectivity index (χ1v) is 7.99. The average Bonchev–Trinajstić information content (AvgIpc) is 3.19. The molecule has 1 N–H and O–H groups in total. The van der Waals surface area contributed by atoms with Crippen LogP contribution in [-0.4, -0.2) is 23.0 Å². The van der Waals surface area contributed by atoms with E-state index in [0.717, 1.165) is 17.3 Å². The first-order chi connectivity index (χ1) is 12.0. The standard InChI is InChI=1S/C17H12N2O5S/c1-10(20)18-17-19-15(21)14(25-17)9-11-4-6-12(7-5-11)24-16(22)13-3-2-8-23-13/h2-9H,1H3,(H,18,19,20,21)/b14-9+.